The van der Waals surface area contributed by atoms with E-state index in [0.29, 0.717) is 22.7 Å². The van der Waals surface area contributed by atoms with E-state index in [1.807, 2.05) is 4.40 Å². The van der Waals surface area contributed by atoms with Crippen LogP contribution in [0.2, 0.25) is 0 Å². The van der Waals surface area contributed by atoms with E-state index in [1.54, 1.807) is 18.5 Å². The summed E-state index contributed by atoms with van der Waals surface area (Å²) >= 11 is 0. The van der Waals surface area contributed by atoms with Crippen LogP contribution >= 0.6 is 0 Å². The quantitative estimate of drug-likeness (QED) is 0.322. The second-order valence-corrected chi connectivity index (χ2v) is 9.05. The average Bonchev–Trinajstić information content (AvgIpc) is 3.74. The van der Waals surface area contributed by atoms with Gasteiger partial charge in [0.15, 0.2) is 0 Å². The molecule has 2 amide bonds. The molecule has 6 rings (SSSR count). The molecule has 36 heavy (non-hydrogen) atoms. The number of fused-ring (bicyclic) bond motifs is 1. The fourth-order valence-electron chi connectivity index (χ4n) is 4.32. The van der Waals surface area contributed by atoms with Gasteiger partial charge in [0.05, 0.1) is 5.69 Å². The van der Waals surface area contributed by atoms with Gasteiger partial charge in [-0.3, -0.25) is 9.72 Å². The Morgan fingerprint density at radius 1 is 1.19 bits per heavy atom. The molecule has 2 fully saturated rings. The van der Waals surface area contributed by atoms with E-state index in [0.717, 1.165) is 24.7 Å². The number of nitrogens with two attached hydrogens (primary N) is 1. The molecule has 0 bridgehead atoms. The molecule has 4 aromatic rings. The smallest absolute Gasteiger partial charge is 0.382 e. The largest absolute Gasteiger partial charge is 0.400 e. The number of nitrogen functional groups attached to an aromatic ring is 1. The van der Waals surface area contributed by atoms with Gasteiger partial charge in [-0.15, -0.1) is 0 Å². The number of imidazole rings is 1. The van der Waals surface area contributed by atoms with E-state index in [2.05, 4.69) is 20.8 Å². The predicted molar refractivity (Wildman–Crippen MR) is 121 cm³/mol. The maximum Gasteiger partial charge on any atom is 0.400 e. The van der Waals surface area contributed by atoms with Gasteiger partial charge in [0, 0.05) is 29.9 Å². The summed E-state index contributed by atoms with van der Waals surface area (Å²) < 4.78 is 61.4. The van der Waals surface area contributed by atoms with E-state index in [4.69, 9.17) is 15.2 Å². The minimum Gasteiger partial charge on any atom is -0.382 e. The first-order chi connectivity index (χ1) is 17.2. The topological polar surface area (TPSA) is 123 Å². The van der Waals surface area contributed by atoms with Gasteiger partial charge in [-0.05, 0) is 37.8 Å². The number of benzene rings is 1. The SMILES string of the molecule is Nc1nccn2c(C3CC3)nc(-c3ccc(NC(=O)Nc4cc(C5(C(F)(F)F)CC5)no4)c(F)c3)c12. The number of nitrogens with one attached hydrogen (secondary N) is 2. The Bertz CT molecular complexity index is 1500. The third-order valence-electron chi connectivity index (χ3n) is 6.57. The van der Waals surface area contributed by atoms with Crippen LogP contribution in [0.25, 0.3) is 16.8 Å². The van der Waals surface area contributed by atoms with Gasteiger partial charge in [0.1, 0.15) is 39.8 Å². The van der Waals surface area contributed by atoms with Gasteiger partial charge in [-0.2, -0.15) is 13.2 Å². The van der Waals surface area contributed by atoms with Crippen LogP contribution in [-0.2, 0) is 5.41 Å². The van der Waals surface area contributed by atoms with Crippen molar-refractivity contribution in [2.75, 3.05) is 16.4 Å². The van der Waals surface area contributed by atoms with Gasteiger partial charge in [-0.1, -0.05) is 11.2 Å². The number of alkyl halides is 3. The molecule has 0 unspecified atom stereocenters. The van der Waals surface area contributed by atoms with Crippen LogP contribution in [0.1, 0.15) is 43.1 Å². The Balaban J connectivity index is 1.21. The molecule has 0 radical (unpaired) electrons. The third-order valence-corrected chi connectivity index (χ3v) is 6.57. The predicted octanol–water partition coefficient (Wildman–Crippen LogP) is 5.22. The van der Waals surface area contributed by atoms with E-state index in [1.165, 1.54) is 12.1 Å². The number of hydrogen-bond donors (Lipinski definition) is 3. The Morgan fingerprint density at radius 2 is 1.97 bits per heavy atom. The summed E-state index contributed by atoms with van der Waals surface area (Å²) in [5.74, 6) is 0.381. The number of carbonyl (C=O) groups is 1. The fourth-order valence-corrected chi connectivity index (χ4v) is 4.32. The molecule has 13 heteroatoms. The fraction of sp³-hybridized carbons (Fsp3) is 0.304. The zero-order valence-corrected chi connectivity index (χ0v) is 18.6. The summed E-state index contributed by atoms with van der Waals surface area (Å²) in [6, 6.07) is 4.27. The third kappa shape index (κ3) is 3.62. The number of amides is 2. The highest BCUT2D eigenvalue weighted by molar-refractivity contribution is 5.99. The summed E-state index contributed by atoms with van der Waals surface area (Å²) in [5.41, 5.74) is 5.10. The molecule has 3 aromatic heterocycles. The number of anilines is 3. The molecule has 0 atom stereocenters. The van der Waals surface area contributed by atoms with Crippen molar-refractivity contribution in [1.29, 1.82) is 0 Å². The minimum absolute atomic E-state index is 0.0951. The number of urea groups is 1. The molecular formula is C23H19F4N7O2. The molecule has 186 valence electrons. The van der Waals surface area contributed by atoms with Crippen LogP contribution in [0, 0.1) is 5.82 Å². The summed E-state index contributed by atoms with van der Waals surface area (Å²) in [6.45, 7) is 0. The first-order valence-electron chi connectivity index (χ1n) is 11.2. The van der Waals surface area contributed by atoms with Crippen LogP contribution in [-0.4, -0.2) is 31.7 Å². The second-order valence-electron chi connectivity index (χ2n) is 9.05. The van der Waals surface area contributed by atoms with Crippen LogP contribution in [0.4, 0.5) is 39.7 Å². The maximum atomic E-state index is 14.9. The van der Waals surface area contributed by atoms with Gasteiger partial charge >= 0.3 is 12.2 Å². The van der Waals surface area contributed by atoms with Crippen molar-refractivity contribution in [1.82, 2.24) is 19.5 Å². The lowest BCUT2D eigenvalue weighted by molar-refractivity contribution is -0.161. The second kappa shape index (κ2) is 7.67. The Hall–Kier alpha value is -4.16. The van der Waals surface area contributed by atoms with Crippen molar-refractivity contribution in [3.63, 3.8) is 0 Å². The van der Waals surface area contributed by atoms with Gasteiger partial charge in [-0.25, -0.2) is 19.2 Å². The minimum atomic E-state index is -4.46. The molecule has 9 nitrogen and oxygen atoms in total. The number of hydrogen-bond acceptors (Lipinski definition) is 6. The van der Waals surface area contributed by atoms with E-state index >= 15 is 0 Å². The van der Waals surface area contributed by atoms with Crippen molar-refractivity contribution in [3.8, 4) is 11.3 Å². The lowest BCUT2D eigenvalue weighted by Gasteiger charge is -2.15. The number of rotatable bonds is 5. The first kappa shape index (κ1) is 22.3. The van der Waals surface area contributed by atoms with Crippen molar-refractivity contribution in [2.24, 2.45) is 0 Å². The molecule has 4 N–H and O–H groups in total. The monoisotopic (exact) mass is 501 g/mol. The van der Waals surface area contributed by atoms with E-state index < -0.39 is 23.4 Å². The van der Waals surface area contributed by atoms with Gasteiger partial charge in [0.2, 0.25) is 5.88 Å². The normalized spacial score (nSPS) is 16.8. The van der Waals surface area contributed by atoms with Crippen molar-refractivity contribution in [2.45, 2.75) is 43.2 Å². The molecule has 1 aromatic carbocycles. The zero-order chi connectivity index (χ0) is 25.2. The first-order valence-corrected chi connectivity index (χ1v) is 11.2. The number of nitrogens with zero attached hydrogens (tertiary/aromatic N) is 4. The van der Waals surface area contributed by atoms with Gasteiger partial charge in [0.25, 0.3) is 0 Å². The average molecular weight is 501 g/mol. The van der Waals surface area contributed by atoms with Crippen LogP contribution in [0.5, 0.6) is 0 Å². The lowest BCUT2D eigenvalue weighted by atomic mass is 10.0. The maximum absolute atomic E-state index is 14.9. The number of halogens is 4. The van der Waals surface area contributed by atoms with Crippen LogP contribution < -0.4 is 16.4 Å². The summed E-state index contributed by atoms with van der Waals surface area (Å²) in [4.78, 5) is 21.1. The number of carbonyl (C=O) groups excluding carboxylic acids is 1. The zero-order valence-electron chi connectivity index (χ0n) is 18.6. The molecular weight excluding hydrogens is 482 g/mol. The van der Waals surface area contributed by atoms with Crippen LogP contribution in [0.15, 0.2) is 41.2 Å². The van der Waals surface area contributed by atoms with E-state index in [-0.39, 0.29) is 35.9 Å². The van der Waals surface area contributed by atoms with Gasteiger partial charge < -0.3 is 15.6 Å². The lowest BCUT2D eigenvalue weighted by Crippen LogP contribution is -2.28. The highest BCUT2D eigenvalue weighted by Crippen LogP contribution is 2.58. The molecule has 0 saturated heterocycles. The molecule has 2 aliphatic carbocycles. The highest BCUT2D eigenvalue weighted by Gasteiger charge is 2.66. The Kier molecular flexibility index (Phi) is 4.75. The molecule has 2 saturated carbocycles. The highest BCUT2D eigenvalue weighted by atomic mass is 19.4. The molecule has 0 aliphatic heterocycles. The van der Waals surface area contributed by atoms with Crippen molar-refractivity contribution < 1.29 is 26.9 Å². The Labute approximate surface area is 200 Å². The summed E-state index contributed by atoms with van der Waals surface area (Å²) in [7, 11) is 0. The van der Waals surface area contributed by atoms with Crippen LogP contribution in [0.3, 0.4) is 0 Å². The summed E-state index contributed by atoms with van der Waals surface area (Å²) in [6.07, 6.45) is 0.713. The summed E-state index contributed by atoms with van der Waals surface area (Å²) in [5, 5.41) is 8.01. The Morgan fingerprint density at radius 3 is 2.64 bits per heavy atom. The molecule has 2 aliphatic rings. The van der Waals surface area contributed by atoms with Crippen molar-refractivity contribution >= 4 is 28.9 Å². The van der Waals surface area contributed by atoms with Crippen molar-refractivity contribution in [3.05, 3.63) is 54.0 Å². The van der Waals surface area contributed by atoms with E-state index in [9.17, 15) is 22.4 Å². The number of aromatic nitrogens is 4. The molecule has 3 heterocycles. The standard InChI is InChI=1S/C23H19F4N7O2/c24-13-9-12(17-18-19(28)29-7-8-34(18)20(32-17)11-1-2-11)3-4-14(13)30-21(35)31-16-10-15(33-36-16)22(5-6-22)23(25,26)27/h3-4,7-11H,1-2,5-6H2,(H2,28,29)(H2,30,31,35). The molecule has 0 spiro atoms.